The van der Waals surface area contributed by atoms with Crippen LogP contribution in [0.15, 0.2) is 347 Å². The van der Waals surface area contributed by atoms with Crippen LogP contribution in [-0.4, -0.2) is 19.9 Å². The Morgan fingerprint density at radius 1 is 0.198 bits per heavy atom. The molecule has 6 heteroatoms. The Balaban J connectivity index is 0.688. The number of rotatable bonds is 7. The first-order valence-electron chi connectivity index (χ1n) is 32.7. The van der Waals surface area contributed by atoms with E-state index in [2.05, 4.69) is 328 Å². The van der Waals surface area contributed by atoms with Crippen molar-refractivity contribution in [2.45, 2.75) is 30.4 Å². The molecule has 0 bridgehead atoms. The van der Waals surface area contributed by atoms with Crippen LogP contribution in [0.25, 0.3) is 123 Å². The van der Waals surface area contributed by atoms with Crippen molar-refractivity contribution in [2.75, 3.05) is 0 Å². The van der Waals surface area contributed by atoms with E-state index in [1.807, 2.05) is 23.5 Å². The van der Waals surface area contributed by atoms with Crippen LogP contribution in [0.2, 0.25) is 0 Å². The minimum Gasteiger partial charge on any atom is -0.228 e. The Hall–Kier alpha value is -11.5. The van der Waals surface area contributed by atoms with Gasteiger partial charge in [0.2, 0.25) is 0 Å². The molecule has 16 aromatic rings. The second-order valence-corrected chi connectivity index (χ2v) is 27.6. The first kappa shape index (κ1) is 55.0. The average molecular weight is 1260 g/mol. The normalized spacial score (nSPS) is 13.7. The van der Waals surface area contributed by atoms with E-state index in [1.54, 1.807) is 0 Å². The lowest BCUT2D eigenvalue weighted by molar-refractivity contribution is 0.722. The maximum absolute atomic E-state index is 5.52. The SMILES string of the molecule is c1ccc(-c2cc(-c3ccc4cc(-c5ccc6c(c5)Sc5ccc(-c7nc(-c8ccccc8)cc(-c8cccc9ccccc89)n7)cc5C65c6ccccc6-c6ccccc65)ccc4c3)nc(-c3ccc4c(c3)C3(c5ccccc5S4)c4ccccc4-c4ccccc43)n2)cc1. The summed E-state index contributed by atoms with van der Waals surface area (Å²) in [5.74, 6) is 1.38. The zero-order chi connectivity index (χ0) is 63.1. The predicted molar refractivity (Wildman–Crippen MR) is 394 cm³/mol. The van der Waals surface area contributed by atoms with Gasteiger partial charge in [-0.1, -0.05) is 290 Å². The first-order chi connectivity index (χ1) is 47.5. The molecule has 0 fully saturated rings. The molecule has 0 N–H and O–H groups in total. The van der Waals surface area contributed by atoms with Crippen molar-refractivity contribution < 1.29 is 0 Å². The topological polar surface area (TPSA) is 51.6 Å². The maximum atomic E-state index is 5.52. The molecule has 4 nitrogen and oxygen atoms in total. The van der Waals surface area contributed by atoms with Gasteiger partial charge in [0.1, 0.15) is 0 Å². The third-order valence-corrected chi connectivity index (χ3v) is 22.7. The molecule has 0 saturated carbocycles. The van der Waals surface area contributed by atoms with Crippen LogP contribution in [0.5, 0.6) is 0 Å². The fraction of sp³-hybridized carbons (Fsp3) is 0.0222. The van der Waals surface area contributed by atoms with E-state index in [0.29, 0.717) is 11.6 Å². The van der Waals surface area contributed by atoms with Crippen molar-refractivity contribution in [1.82, 2.24) is 19.9 Å². The lowest BCUT2D eigenvalue weighted by atomic mass is 9.67. The highest BCUT2D eigenvalue weighted by Gasteiger charge is 2.52. The van der Waals surface area contributed by atoms with E-state index in [4.69, 9.17) is 19.9 Å². The monoisotopic (exact) mass is 1250 g/mol. The molecule has 0 atom stereocenters. The Morgan fingerprint density at radius 2 is 0.583 bits per heavy atom. The van der Waals surface area contributed by atoms with Crippen LogP contribution in [0, 0.1) is 0 Å². The second kappa shape index (κ2) is 21.5. The summed E-state index contributed by atoms with van der Waals surface area (Å²) in [7, 11) is 0. The molecule has 4 heterocycles. The molecule has 2 aromatic heterocycles. The fourth-order valence-corrected chi connectivity index (χ4v) is 18.6. The Labute approximate surface area is 564 Å². The van der Waals surface area contributed by atoms with Gasteiger partial charge < -0.3 is 0 Å². The summed E-state index contributed by atoms with van der Waals surface area (Å²) in [6.45, 7) is 0. The van der Waals surface area contributed by atoms with Crippen LogP contribution >= 0.6 is 23.5 Å². The molecule has 0 saturated heterocycles. The van der Waals surface area contributed by atoms with Crippen LogP contribution in [-0.2, 0) is 10.8 Å². The molecule has 2 aliphatic carbocycles. The van der Waals surface area contributed by atoms with Crippen LogP contribution in [0.1, 0.15) is 44.5 Å². The van der Waals surface area contributed by atoms with Gasteiger partial charge in [-0.15, -0.1) is 0 Å². The predicted octanol–water partition coefficient (Wildman–Crippen LogP) is 22.9. The van der Waals surface area contributed by atoms with Crippen LogP contribution in [0.3, 0.4) is 0 Å². The molecular weight excluding hydrogens is 1200 g/mol. The summed E-state index contributed by atoms with van der Waals surface area (Å²) in [6.07, 6.45) is 0. The van der Waals surface area contributed by atoms with Gasteiger partial charge in [-0.2, -0.15) is 0 Å². The van der Waals surface area contributed by atoms with Gasteiger partial charge in [0.05, 0.1) is 33.6 Å². The molecule has 4 aliphatic rings. The van der Waals surface area contributed by atoms with Crippen molar-refractivity contribution >= 4 is 45.1 Å². The lowest BCUT2D eigenvalue weighted by Gasteiger charge is -2.40. The Kier molecular flexibility index (Phi) is 12.3. The number of nitrogens with zero attached hydrogens (tertiary/aromatic N) is 4. The molecule has 14 aromatic carbocycles. The lowest BCUT2D eigenvalue weighted by Crippen LogP contribution is -2.32. The zero-order valence-electron chi connectivity index (χ0n) is 51.8. The van der Waals surface area contributed by atoms with Crippen molar-refractivity contribution in [2.24, 2.45) is 0 Å². The summed E-state index contributed by atoms with van der Waals surface area (Å²) in [5.41, 5.74) is 26.2. The average Bonchev–Trinajstić information content (AvgIpc) is 1.47. The summed E-state index contributed by atoms with van der Waals surface area (Å²) in [6, 6.07) is 120. The van der Waals surface area contributed by atoms with Gasteiger partial charge in [-0.05, 0) is 160 Å². The fourth-order valence-electron chi connectivity index (χ4n) is 16.2. The molecule has 0 amide bonds. The van der Waals surface area contributed by atoms with E-state index >= 15 is 0 Å². The van der Waals surface area contributed by atoms with Gasteiger partial charge in [-0.3, -0.25) is 0 Å². The van der Waals surface area contributed by atoms with Crippen LogP contribution < -0.4 is 0 Å². The number of aromatic nitrogens is 4. The highest BCUT2D eigenvalue weighted by Crippen LogP contribution is 2.65. The van der Waals surface area contributed by atoms with E-state index < -0.39 is 10.8 Å². The summed E-state index contributed by atoms with van der Waals surface area (Å²) < 4.78 is 0. The van der Waals surface area contributed by atoms with E-state index in [9.17, 15) is 0 Å². The van der Waals surface area contributed by atoms with E-state index in [0.717, 1.165) is 77.9 Å². The number of benzene rings is 14. The minimum atomic E-state index is -0.615. The summed E-state index contributed by atoms with van der Waals surface area (Å²) >= 11 is 3.71. The molecule has 20 rings (SSSR count). The molecule has 2 spiro atoms. The number of hydrogen-bond donors (Lipinski definition) is 0. The second-order valence-electron chi connectivity index (χ2n) is 25.5. The van der Waals surface area contributed by atoms with Crippen molar-refractivity contribution in [3.8, 4) is 101 Å². The maximum Gasteiger partial charge on any atom is 0.160 e. The minimum absolute atomic E-state index is 0.513. The third-order valence-electron chi connectivity index (χ3n) is 20.4. The Morgan fingerprint density at radius 3 is 1.17 bits per heavy atom. The molecule has 0 radical (unpaired) electrons. The molecular formula is C90H54N4S2. The van der Waals surface area contributed by atoms with Gasteiger partial charge in [0, 0.05) is 53.0 Å². The van der Waals surface area contributed by atoms with Gasteiger partial charge >= 0.3 is 0 Å². The molecule has 0 unspecified atom stereocenters. The van der Waals surface area contributed by atoms with Gasteiger partial charge in [0.15, 0.2) is 11.6 Å². The molecule has 2 aliphatic heterocycles. The zero-order valence-corrected chi connectivity index (χ0v) is 53.4. The summed E-state index contributed by atoms with van der Waals surface area (Å²) in [4.78, 5) is 26.8. The van der Waals surface area contributed by atoms with Crippen LogP contribution in [0.4, 0.5) is 0 Å². The van der Waals surface area contributed by atoms with Crippen molar-refractivity contribution in [3.05, 3.63) is 372 Å². The van der Waals surface area contributed by atoms with Crippen molar-refractivity contribution in [3.63, 3.8) is 0 Å². The van der Waals surface area contributed by atoms with E-state index in [-0.39, 0.29) is 0 Å². The quantitative estimate of drug-likeness (QED) is 0.158. The first-order valence-corrected chi connectivity index (χ1v) is 34.4. The highest BCUT2D eigenvalue weighted by atomic mass is 32.2. The number of hydrogen-bond acceptors (Lipinski definition) is 6. The largest absolute Gasteiger partial charge is 0.228 e. The van der Waals surface area contributed by atoms with Crippen molar-refractivity contribution in [1.29, 1.82) is 0 Å². The smallest absolute Gasteiger partial charge is 0.160 e. The standard InChI is InChI=1S/C90H54N4S2/c1-3-21-56(22-4-1)79-53-81(93-87(91-79)63-43-46-84-77(50-63)89(75-36-17-18-37-83(75)95-84)71-32-13-9-27-66(71)67-28-10-14-33-72(67)89)62-41-40-58-48-59(38-39-60(58)49-62)61-42-45-76-86(52-61)96-85-47-44-64(51-78(85)90(76)73-34-15-11-29-68(73)69-30-12-16-35-74(69)90)88-92-80(57-23-5-2-6-24-57)54-82(94-88)70-31-19-25-55-20-7-8-26-65(55)70/h1-54H. The third kappa shape index (κ3) is 8.25. The number of fused-ring (bicyclic) bond motifs is 20. The highest BCUT2D eigenvalue weighted by molar-refractivity contribution is 7.99. The van der Waals surface area contributed by atoms with Gasteiger partial charge in [0.25, 0.3) is 0 Å². The summed E-state index contributed by atoms with van der Waals surface area (Å²) in [5, 5.41) is 4.63. The van der Waals surface area contributed by atoms with Gasteiger partial charge in [-0.25, -0.2) is 19.9 Å². The molecule has 446 valence electrons. The molecule has 96 heavy (non-hydrogen) atoms. The van der Waals surface area contributed by atoms with E-state index in [1.165, 1.54) is 97.3 Å². The Bertz CT molecular complexity index is 5840.